The number of nitrogens with two attached hydrogens (primary N) is 1. The number of hydrogen-bond acceptors (Lipinski definition) is 3. The highest BCUT2D eigenvalue weighted by molar-refractivity contribution is 6.30. The summed E-state index contributed by atoms with van der Waals surface area (Å²) in [6.45, 7) is 0.769. The minimum Gasteiger partial charge on any atom is -0.370 e. The second-order valence-corrected chi connectivity index (χ2v) is 4.99. The van der Waals surface area contributed by atoms with Crippen LogP contribution in [0.4, 0.5) is 0 Å². The van der Waals surface area contributed by atoms with Crippen LogP contribution < -0.4 is 16.4 Å². The van der Waals surface area contributed by atoms with Crippen molar-refractivity contribution in [1.29, 1.82) is 0 Å². The second-order valence-electron chi connectivity index (χ2n) is 4.55. The molecule has 110 valence electrons. The van der Waals surface area contributed by atoms with Crippen LogP contribution in [0.15, 0.2) is 24.3 Å². The van der Waals surface area contributed by atoms with E-state index in [4.69, 9.17) is 17.3 Å². The van der Waals surface area contributed by atoms with E-state index in [2.05, 4.69) is 10.6 Å². The average molecular weight is 298 g/mol. The first kappa shape index (κ1) is 16.5. The fraction of sp³-hybridized carbons (Fsp3) is 0.429. The second kappa shape index (κ2) is 8.55. The molecule has 2 amide bonds. The molecule has 0 aliphatic carbocycles. The largest absolute Gasteiger partial charge is 0.370 e. The van der Waals surface area contributed by atoms with Crippen molar-refractivity contribution in [3.63, 3.8) is 0 Å². The predicted molar refractivity (Wildman–Crippen MR) is 79.3 cm³/mol. The van der Waals surface area contributed by atoms with E-state index in [0.29, 0.717) is 11.4 Å². The standard InChI is InChI=1S/C14H20ClN3O2/c1-17-7-3-6-14(20)18-12(9-13(16)19)10-4-2-5-11(15)8-10/h2,4-5,8,12,17H,3,6-7,9H2,1H3,(H2,16,19)(H,18,20)/t12-/m1/s1. The Morgan fingerprint density at radius 3 is 2.75 bits per heavy atom. The molecule has 4 N–H and O–H groups in total. The Hall–Kier alpha value is -1.59. The number of benzene rings is 1. The summed E-state index contributed by atoms with van der Waals surface area (Å²) in [6, 6.07) is 6.62. The van der Waals surface area contributed by atoms with E-state index in [-0.39, 0.29) is 12.3 Å². The lowest BCUT2D eigenvalue weighted by atomic mass is 10.0. The number of rotatable bonds is 8. The smallest absolute Gasteiger partial charge is 0.220 e. The van der Waals surface area contributed by atoms with Gasteiger partial charge in [-0.15, -0.1) is 0 Å². The quantitative estimate of drug-likeness (QED) is 0.634. The highest BCUT2D eigenvalue weighted by Crippen LogP contribution is 2.20. The van der Waals surface area contributed by atoms with Crippen molar-refractivity contribution in [3.8, 4) is 0 Å². The third-order valence-corrected chi connectivity index (χ3v) is 3.06. The minimum absolute atomic E-state index is 0.0537. The van der Waals surface area contributed by atoms with Gasteiger partial charge in [0.2, 0.25) is 11.8 Å². The van der Waals surface area contributed by atoms with Crippen LogP contribution in [0.1, 0.15) is 30.9 Å². The Bertz CT molecular complexity index is 465. The summed E-state index contributed by atoms with van der Waals surface area (Å²) in [6.07, 6.45) is 1.19. The molecule has 0 saturated heterocycles. The van der Waals surface area contributed by atoms with Gasteiger partial charge in [0.1, 0.15) is 0 Å². The van der Waals surface area contributed by atoms with Crippen molar-refractivity contribution in [1.82, 2.24) is 10.6 Å². The first-order valence-corrected chi connectivity index (χ1v) is 6.88. The number of primary amides is 1. The zero-order chi connectivity index (χ0) is 15.0. The van der Waals surface area contributed by atoms with Gasteiger partial charge in [0.25, 0.3) is 0 Å². The molecule has 1 rings (SSSR count). The Morgan fingerprint density at radius 1 is 1.40 bits per heavy atom. The fourth-order valence-electron chi connectivity index (χ4n) is 1.87. The molecule has 20 heavy (non-hydrogen) atoms. The molecule has 0 radical (unpaired) electrons. The SMILES string of the molecule is CNCCCC(=O)N[C@H](CC(N)=O)c1cccc(Cl)c1. The van der Waals surface area contributed by atoms with E-state index in [9.17, 15) is 9.59 Å². The number of amides is 2. The highest BCUT2D eigenvalue weighted by atomic mass is 35.5. The van der Waals surface area contributed by atoms with Gasteiger partial charge in [0.15, 0.2) is 0 Å². The van der Waals surface area contributed by atoms with Gasteiger partial charge in [0.05, 0.1) is 12.5 Å². The van der Waals surface area contributed by atoms with Crippen LogP contribution in [0.5, 0.6) is 0 Å². The summed E-state index contributed by atoms with van der Waals surface area (Å²) in [5.74, 6) is -0.572. The van der Waals surface area contributed by atoms with E-state index in [0.717, 1.165) is 18.5 Å². The summed E-state index contributed by atoms with van der Waals surface area (Å²) in [7, 11) is 1.83. The number of carbonyl (C=O) groups excluding carboxylic acids is 2. The monoisotopic (exact) mass is 297 g/mol. The first-order chi connectivity index (χ1) is 9.52. The van der Waals surface area contributed by atoms with Crippen molar-refractivity contribution in [2.45, 2.75) is 25.3 Å². The first-order valence-electron chi connectivity index (χ1n) is 6.50. The number of carbonyl (C=O) groups is 2. The van der Waals surface area contributed by atoms with E-state index in [1.54, 1.807) is 18.2 Å². The van der Waals surface area contributed by atoms with Crippen molar-refractivity contribution in [2.24, 2.45) is 5.73 Å². The molecule has 0 spiro atoms. The van der Waals surface area contributed by atoms with Crippen molar-refractivity contribution in [2.75, 3.05) is 13.6 Å². The van der Waals surface area contributed by atoms with Crippen LogP contribution in [0, 0.1) is 0 Å². The van der Waals surface area contributed by atoms with Crippen molar-refractivity contribution in [3.05, 3.63) is 34.9 Å². The highest BCUT2D eigenvalue weighted by Gasteiger charge is 2.17. The number of nitrogens with one attached hydrogen (secondary N) is 2. The molecule has 1 atom stereocenters. The molecule has 0 unspecified atom stereocenters. The topological polar surface area (TPSA) is 84.2 Å². The Kier molecular flexibility index (Phi) is 7.04. The van der Waals surface area contributed by atoms with Gasteiger partial charge >= 0.3 is 0 Å². The summed E-state index contributed by atoms with van der Waals surface area (Å²) >= 11 is 5.93. The molecule has 0 fully saturated rings. The van der Waals surface area contributed by atoms with Crippen LogP contribution in [0.25, 0.3) is 0 Å². The molecule has 0 bridgehead atoms. The van der Waals surface area contributed by atoms with Gasteiger partial charge in [0, 0.05) is 11.4 Å². The molecule has 1 aromatic carbocycles. The number of halogens is 1. The molecular formula is C14H20ClN3O2. The van der Waals surface area contributed by atoms with Crippen LogP contribution in [-0.2, 0) is 9.59 Å². The van der Waals surface area contributed by atoms with E-state index in [1.807, 2.05) is 13.1 Å². The maximum atomic E-state index is 11.8. The lowest BCUT2D eigenvalue weighted by Crippen LogP contribution is -2.32. The van der Waals surface area contributed by atoms with Gasteiger partial charge in [-0.3, -0.25) is 9.59 Å². The normalized spacial score (nSPS) is 11.9. The van der Waals surface area contributed by atoms with Crippen LogP contribution in [0.3, 0.4) is 0 Å². The van der Waals surface area contributed by atoms with Crippen LogP contribution in [0.2, 0.25) is 5.02 Å². The van der Waals surface area contributed by atoms with E-state index < -0.39 is 11.9 Å². The molecule has 0 aromatic heterocycles. The van der Waals surface area contributed by atoms with E-state index >= 15 is 0 Å². The Labute approximate surface area is 123 Å². The summed E-state index contributed by atoms with van der Waals surface area (Å²) < 4.78 is 0. The molecule has 5 nitrogen and oxygen atoms in total. The van der Waals surface area contributed by atoms with Gasteiger partial charge in [-0.05, 0) is 37.7 Å². The predicted octanol–water partition coefficient (Wildman–Crippen LogP) is 1.37. The fourth-order valence-corrected chi connectivity index (χ4v) is 2.07. The van der Waals surface area contributed by atoms with Crippen molar-refractivity contribution < 1.29 is 9.59 Å². The third kappa shape index (κ3) is 6.04. The third-order valence-electron chi connectivity index (χ3n) is 2.82. The Morgan fingerprint density at radius 2 is 2.15 bits per heavy atom. The molecular weight excluding hydrogens is 278 g/mol. The summed E-state index contributed by atoms with van der Waals surface area (Å²) in [4.78, 5) is 23.0. The van der Waals surface area contributed by atoms with Crippen LogP contribution in [-0.4, -0.2) is 25.4 Å². The maximum Gasteiger partial charge on any atom is 0.220 e. The number of hydrogen-bond donors (Lipinski definition) is 3. The molecule has 1 aromatic rings. The van der Waals surface area contributed by atoms with Crippen molar-refractivity contribution >= 4 is 23.4 Å². The zero-order valence-corrected chi connectivity index (χ0v) is 12.2. The lowest BCUT2D eigenvalue weighted by molar-refractivity contribution is -0.122. The molecule has 0 saturated carbocycles. The molecule has 0 aliphatic rings. The lowest BCUT2D eigenvalue weighted by Gasteiger charge is -2.18. The summed E-state index contributed by atoms with van der Waals surface area (Å²) in [5.41, 5.74) is 6.01. The Balaban J connectivity index is 2.69. The maximum absolute atomic E-state index is 11.8. The molecule has 6 heteroatoms. The van der Waals surface area contributed by atoms with Gasteiger partial charge in [-0.25, -0.2) is 0 Å². The molecule has 0 heterocycles. The van der Waals surface area contributed by atoms with E-state index in [1.165, 1.54) is 0 Å². The zero-order valence-electron chi connectivity index (χ0n) is 11.5. The van der Waals surface area contributed by atoms with Crippen LogP contribution >= 0.6 is 11.6 Å². The minimum atomic E-state index is -0.467. The van der Waals surface area contributed by atoms with Gasteiger partial charge < -0.3 is 16.4 Å². The average Bonchev–Trinajstić information content (AvgIpc) is 2.38. The summed E-state index contributed by atoms with van der Waals surface area (Å²) in [5, 5.41) is 6.36. The van der Waals surface area contributed by atoms with Gasteiger partial charge in [-0.2, -0.15) is 0 Å². The van der Waals surface area contributed by atoms with Gasteiger partial charge in [-0.1, -0.05) is 23.7 Å². The molecule has 0 aliphatic heterocycles.